The maximum Gasteiger partial charge on any atom is 0.304 e. The minimum Gasteiger partial charge on any atom is -0.481 e. The van der Waals surface area contributed by atoms with E-state index in [1.54, 1.807) is 6.20 Å². The van der Waals surface area contributed by atoms with Crippen LogP contribution in [0.5, 0.6) is 0 Å². The van der Waals surface area contributed by atoms with Crippen LogP contribution >= 0.6 is 0 Å². The van der Waals surface area contributed by atoms with Crippen LogP contribution in [0.3, 0.4) is 0 Å². The number of aromatic amines is 1. The van der Waals surface area contributed by atoms with E-state index in [4.69, 9.17) is 5.11 Å². The van der Waals surface area contributed by atoms with Crippen molar-refractivity contribution in [1.82, 2.24) is 10.2 Å². The number of aromatic nitrogens is 2. The summed E-state index contributed by atoms with van der Waals surface area (Å²) in [5, 5.41) is 16.8. The summed E-state index contributed by atoms with van der Waals surface area (Å²) >= 11 is 0. The fraction of sp³-hybridized carbons (Fsp3) is 0.333. The van der Waals surface area contributed by atoms with E-state index in [1.165, 1.54) is 0 Å². The lowest BCUT2D eigenvalue weighted by molar-refractivity contribution is -0.137. The van der Waals surface area contributed by atoms with Crippen molar-refractivity contribution in [2.24, 2.45) is 0 Å². The Labute approximate surface area is 92.3 Å². The predicted octanol–water partition coefficient (Wildman–Crippen LogP) is 2.07. The molecule has 1 aliphatic carbocycles. The summed E-state index contributed by atoms with van der Waals surface area (Å²) in [7, 11) is 0. The van der Waals surface area contributed by atoms with Crippen molar-refractivity contribution in [2.75, 3.05) is 0 Å². The van der Waals surface area contributed by atoms with E-state index in [9.17, 15) is 4.79 Å². The van der Waals surface area contributed by atoms with Crippen molar-refractivity contribution >= 4 is 16.9 Å². The zero-order chi connectivity index (χ0) is 11.2. The molecule has 2 N–H and O–H groups in total. The quantitative estimate of drug-likeness (QED) is 0.825. The highest BCUT2D eigenvalue weighted by Crippen LogP contribution is 2.51. The van der Waals surface area contributed by atoms with Crippen molar-refractivity contribution in [3.8, 4) is 0 Å². The third-order valence-corrected chi connectivity index (χ3v) is 3.40. The standard InChI is InChI=1S/C12H12N2O2/c15-11(16)6-12(3-4-12)9-1-2-10-8(5-9)7-13-14-10/h1-2,5,7H,3-4,6H2,(H,13,14)(H,15,16). The highest BCUT2D eigenvalue weighted by atomic mass is 16.4. The van der Waals surface area contributed by atoms with Crippen molar-refractivity contribution in [3.63, 3.8) is 0 Å². The Balaban J connectivity index is 2.02. The average molecular weight is 216 g/mol. The molecule has 4 heteroatoms. The molecule has 0 amide bonds. The van der Waals surface area contributed by atoms with E-state index < -0.39 is 5.97 Å². The van der Waals surface area contributed by atoms with Gasteiger partial charge >= 0.3 is 5.97 Å². The Bertz CT molecular complexity index is 555. The number of nitrogens with zero attached hydrogens (tertiary/aromatic N) is 1. The zero-order valence-electron chi connectivity index (χ0n) is 8.73. The molecule has 0 unspecified atom stereocenters. The van der Waals surface area contributed by atoms with Gasteiger partial charge in [-0.05, 0) is 30.5 Å². The molecule has 4 nitrogen and oxygen atoms in total. The number of nitrogens with one attached hydrogen (secondary N) is 1. The van der Waals surface area contributed by atoms with Gasteiger partial charge in [0.25, 0.3) is 0 Å². The van der Waals surface area contributed by atoms with Gasteiger partial charge in [-0.15, -0.1) is 0 Å². The molecule has 0 radical (unpaired) electrons. The smallest absolute Gasteiger partial charge is 0.304 e. The third kappa shape index (κ3) is 1.38. The summed E-state index contributed by atoms with van der Waals surface area (Å²) in [4.78, 5) is 10.8. The van der Waals surface area contributed by atoms with Crippen LogP contribution in [0.4, 0.5) is 0 Å². The van der Waals surface area contributed by atoms with Crippen LogP contribution in [0, 0.1) is 0 Å². The molecule has 1 aliphatic rings. The van der Waals surface area contributed by atoms with Crippen LogP contribution in [0.2, 0.25) is 0 Å². The maximum atomic E-state index is 10.8. The average Bonchev–Trinajstić information content (AvgIpc) is 2.87. The molecule has 1 aromatic heterocycles. The maximum absolute atomic E-state index is 10.8. The van der Waals surface area contributed by atoms with Gasteiger partial charge in [-0.3, -0.25) is 9.89 Å². The summed E-state index contributed by atoms with van der Waals surface area (Å²) in [5.41, 5.74) is 2.01. The topological polar surface area (TPSA) is 66.0 Å². The first kappa shape index (κ1) is 9.39. The minimum absolute atomic E-state index is 0.114. The largest absolute Gasteiger partial charge is 0.481 e. The van der Waals surface area contributed by atoms with E-state index in [0.717, 1.165) is 29.3 Å². The van der Waals surface area contributed by atoms with Crippen molar-refractivity contribution in [3.05, 3.63) is 30.0 Å². The van der Waals surface area contributed by atoms with Gasteiger partial charge in [-0.25, -0.2) is 0 Å². The summed E-state index contributed by atoms with van der Waals surface area (Å²) in [6.07, 6.45) is 3.96. The van der Waals surface area contributed by atoms with Gasteiger partial charge in [0, 0.05) is 10.8 Å². The second kappa shape index (κ2) is 3.07. The van der Waals surface area contributed by atoms with Gasteiger partial charge in [0.1, 0.15) is 0 Å². The van der Waals surface area contributed by atoms with Gasteiger partial charge < -0.3 is 5.11 Å². The molecular weight excluding hydrogens is 204 g/mol. The van der Waals surface area contributed by atoms with E-state index in [0.29, 0.717) is 0 Å². The van der Waals surface area contributed by atoms with E-state index >= 15 is 0 Å². The molecule has 0 atom stereocenters. The predicted molar refractivity (Wildman–Crippen MR) is 59.3 cm³/mol. The number of benzene rings is 1. The molecule has 82 valence electrons. The summed E-state index contributed by atoms with van der Waals surface area (Å²) in [5.74, 6) is -0.718. The van der Waals surface area contributed by atoms with Crippen LogP contribution in [-0.4, -0.2) is 21.3 Å². The van der Waals surface area contributed by atoms with Crippen molar-refractivity contribution in [2.45, 2.75) is 24.7 Å². The van der Waals surface area contributed by atoms with Crippen LogP contribution in [0.15, 0.2) is 24.4 Å². The highest BCUT2D eigenvalue weighted by molar-refractivity contribution is 5.79. The minimum atomic E-state index is -0.718. The van der Waals surface area contributed by atoms with Crippen molar-refractivity contribution < 1.29 is 9.90 Å². The lowest BCUT2D eigenvalue weighted by Crippen LogP contribution is -2.12. The molecule has 1 heterocycles. The van der Waals surface area contributed by atoms with E-state index in [2.05, 4.69) is 16.3 Å². The Morgan fingerprint density at radius 2 is 2.31 bits per heavy atom. The first-order valence-electron chi connectivity index (χ1n) is 5.35. The van der Waals surface area contributed by atoms with Gasteiger partial charge in [0.05, 0.1) is 18.1 Å². The Morgan fingerprint density at radius 1 is 1.50 bits per heavy atom. The Kier molecular flexibility index (Phi) is 1.80. The van der Waals surface area contributed by atoms with Crippen LogP contribution in [0.25, 0.3) is 10.9 Å². The Morgan fingerprint density at radius 3 is 3.00 bits per heavy atom. The first-order chi connectivity index (χ1) is 7.70. The number of carboxylic acid groups (broad SMARTS) is 1. The molecule has 2 aromatic rings. The van der Waals surface area contributed by atoms with Gasteiger partial charge in [-0.1, -0.05) is 6.07 Å². The second-order valence-corrected chi connectivity index (χ2v) is 4.52. The molecule has 0 spiro atoms. The normalized spacial score (nSPS) is 17.5. The van der Waals surface area contributed by atoms with Crippen LogP contribution < -0.4 is 0 Å². The molecule has 0 saturated heterocycles. The third-order valence-electron chi connectivity index (χ3n) is 3.40. The monoisotopic (exact) mass is 216 g/mol. The van der Waals surface area contributed by atoms with Crippen LogP contribution in [-0.2, 0) is 10.2 Å². The summed E-state index contributed by atoms with van der Waals surface area (Å²) in [6, 6.07) is 6.03. The summed E-state index contributed by atoms with van der Waals surface area (Å²) in [6.45, 7) is 0. The molecule has 0 bridgehead atoms. The highest BCUT2D eigenvalue weighted by Gasteiger charge is 2.45. The fourth-order valence-electron chi connectivity index (χ4n) is 2.28. The lowest BCUT2D eigenvalue weighted by Gasteiger charge is -2.12. The van der Waals surface area contributed by atoms with Crippen molar-refractivity contribution in [1.29, 1.82) is 0 Å². The fourth-order valence-corrected chi connectivity index (χ4v) is 2.28. The molecule has 3 rings (SSSR count). The lowest BCUT2D eigenvalue weighted by atomic mass is 9.92. The number of fused-ring (bicyclic) bond motifs is 1. The molecule has 1 saturated carbocycles. The van der Waals surface area contributed by atoms with E-state index in [-0.39, 0.29) is 11.8 Å². The molecule has 1 fully saturated rings. The number of carboxylic acids is 1. The Hall–Kier alpha value is -1.84. The van der Waals surface area contributed by atoms with E-state index in [1.807, 2.05) is 12.1 Å². The van der Waals surface area contributed by atoms with Gasteiger partial charge in [0.2, 0.25) is 0 Å². The van der Waals surface area contributed by atoms with Crippen LogP contribution in [0.1, 0.15) is 24.8 Å². The number of rotatable bonds is 3. The molecule has 1 aromatic carbocycles. The van der Waals surface area contributed by atoms with Gasteiger partial charge in [-0.2, -0.15) is 5.10 Å². The summed E-state index contributed by atoms with van der Waals surface area (Å²) < 4.78 is 0. The number of aliphatic carboxylic acids is 1. The number of hydrogen-bond acceptors (Lipinski definition) is 2. The number of hydrogen-bond donors (Lipinski definition) is 2. The molecular formula is C12H12N2O2. The van der Waals surface area contributed by atoms with Gasteiger partial charge in [0.15, 0.2) is 0 Å². The first-order valence-corrected chi connectivity index (χ1v) is 5.35. The number of H-pyrrole nitrogens is 1. The SMILES string of the molecule is O=C(O)CC1(c2ccc3[nH]ncc3c2)CC1. The molecule has 16 heavy (non-hydrogen) atoms. The zero-order valence-corrected chi connectivity index (χ0v) is 8.73. The molecule has 0 aliphatic heterocycles. The number of carbonyl (C=O) groups is 1. The second-order valence-electron chi connectivity index (χ2n) is 4.52.